The molecule has 1 aromatic rings. The van der Waals surface area contributed by atoms with E-state index < -0.39 is 26.2 Å². The van der Waals surface area contributed by atoms with Gasteiger partial charge < -0.3 is 0 Å². The third kappa shape index (κ3) is 2.00. The standard InChI is InChI=1S/C11H13FO3S/c1-8(13)11(2,3)16(14,15)10-6-4-5-9(12)7-10/h4-7H,1-3H3. The zero-order valence-electron chi connectivity index (χ0n) is 9.32. The number of ketones is 1. The van der Waals surface area contributed by atoms with Gasteiger partial charge in [0.05, 0.1) is 4.90 Å². The minimum absolute atomic E-state index is 0.173. The minimum atomic E-state index is -3.85. The Morgan fingerprint density at radius 2 is 1.88 bits per heavy atom. The van der Waals surface area contributed by atoms with Crippen molar-refractivity contribution in [1.82, 2.24) is 0 Å². The van der Waals surface area contributed by atoms with Gasteiger partial charge in [0.15, 0.2) is 15.6 Å². The molecule has 0 fully saturated rings. The highest BCUT2D eigenvalue weighted by Crippen LogP contribution is 2.26. The molecule has 0 heterocycles. The molecule has 0 saturated heterocycles. The second kappa shape index (κ2) is 3.97. The predicted octanol–water partition coefficient (Wildman–Crippen LogP) is 1.97. The Labute approximate surface area is 94.2 Å². The lowest BCUT2D eigenvalue weighted by molar-refractivity contribution is -0.118. The third-order valence-corrected chi connectivity index (χ3v) is 5.13. The number of hydrogen-bond donors (Lipinski definition) is 0. The zero-order valence-corrected chi connectivity index (χ0v) is 10.1. The van der Waals surface area contributed by atoms with Crippen LogP contribution in [0, 0.1) is 5.82 Å². The molecule has 0 atom stereocenters. The summed E-state index contributed by atoms with van der Waals surface area (Å²) in [5.41, 5.74) is 0. The maximum absolute atomic E-state index is 12.9. The Balaban J connectivity index is 3.39. The second-order valence-electron chi connectivity index (χ2n) is 4.03. The van der Waals surface area contributed by atoms with Gasteiger partial charge in [0.25, 0.3) is 0 Å². The summed E-state index contributed by atoms with van der Waals surface area (Å²) >= 11 is 0. The van der Waals surface area contributed by atoms with Crippen LogP contribution in [0.15, 0.2) is 29.2 Å². The molecule has 0 N–H and O–H groups in total. The molecule has 0 aliphatic rings. The topological polar surface area (TPSA) is 51.2 Å². The van der Waals surface area contributed by atoms with Crippen molar-refractivity contribution in [3.05, 3.63) is 30.1 Å². The van der Waals surface area contributed by atoms with E-state index in [1.165, 1.54) is 32.9 Å². The highest BCUT2D eigenvalue weighted by Gasteiger charge is 2.40. The first-order valence-corrected chi connectivity index (χ1v) is 6.19. The van der Waals surface area contributed by atoms with Crippen LogP contribution < -0.4 is 0 Å². The van der Waals surface area contributed by atoms with Crippen molar-refractivity contribution in [3.63, 3.8) is 0 Å². The molecule has 0 aliphatic heterocycles. The van der Waals surface area contributed by atoms with Gasteiger partial charge >= 0.3 is 0 Å². The maximum atomic E-state index is 12.9. The molecule has 0 unspecified atom stereocenters. The lowest BCUT2D eigenvalue weighted by atomic mass is 10.1. The van der Waals surface area contributed by atoms with E-state index in [-0.39, 0.29) is 4.90 Å². The molecule has 16 heavy (non-hydrogen) atoms. The summed E-state index contributed by atoms with van der Waals surface area (Å²) in [5, 5.41) is 0. The SMILES string of the molecule is CC(=O)C(C)(C)S(=O)(=O)c1cccc(F)c1. The van der Waals surface area contributed by atoms with E-state index in [2.05, 4.69) is 0 Å². The van der Waals surface area contributed by atoms with E-state index in [1.54, 1.807) is 0 Å². The van der Waals surface area contributed by atoms with E-state index in [0.717, 1.165) is 12.1 Å². The zero-order chi connectivity index (χ0) is 12.6. The van der Waals surface area contributed by atoms with Gasteiger partial charge in [0.2, 0.25) is 0 Å². The summed E-state index contributed by atoms with van der Waals surface area (Å²) in [6.07, 6.45) is 0. The van der Waals surface area contributed by atoms with Crippen LogP contribution in [0.3, 0.4) is 0 Å². The van der Waals surface area contributed by atoms with Crippen molar-refractivity contribution in [1.29, 1.82) is 0 Å². The van der Waals surface area contributed by atoms with Gasteiger partial charge in [-0.3, -0.25) is 4.79 Å². The maximum Gasteiger partial charge on any atom is 0.190 e. The number of carbonyl (C=O) groups is 1. The number of sulfone groups is 1. The van der Waals surface area contributed by atoms with E-state index in [0.29, 0.717) is 0 Å². The number of rotatable bonds is 3. The molecule has 5 heteroatoms. The van der Waals surface area contributed by atoms with Gasteiger partial charge in [-0.25, -0.2) is 12.8 Å². The van der Waals surface area contributed by atoms with Gasteiger partial charge in [-0.1, -0.05) is 6.07 Å². The number of Topliss-reactive ketones (excluding diaryl/α,β-unsaturated/α-hetero) is 1. The van der Waals surface area contributed by atoms with Crippen LogP contribution in [0.5, 0.6) is 0 Å². The molecule has 0 aliphatic carbocycles. The highest BCUT2D eigenvalue weighted by molar-refractivity contribution is 7.93. The average Bonchev–Trinajstić information content (AvgIpc) is 2.17. The molecule has 0 spiro atoms. The van der Waals surface area contributed by atoms with Crippen LogP contribution in [0.25, 0.3) is 0 Å². The molecule has 0 saturated carbocycles. The van der Waals surface area contributed by atoms with Crippen molar-refractivity contribution in [2.45, 2.75) is 30.4 Å². The van der Waals surface area contributed by atoms with E-state index in [1.807, 2.05) is 0 Å². The van der Waals surface area contributed by atoms with Crippen LogP contribution in [-0.4, -0.2) is 18.9 Å². The lowest BCUT2D eigenvalue weighted by Crippen LogP contribution is -2.39. The van der Waals surface area contributed by atoms with Gasteiger partial charge in [0, 0.05) is 0 Å². The Hall–Kier alpha value is -1.23. The molecular formula is C11H13FO3S. The summed E-state index contributed by atoms with van der Waals surface area (Å²) in [7, 11) is -3.85. The normalized spacial score (nSPS) is 12.5. The predicted molar refractivity (Wildman–Crippen MR) is 58.3 cm³/mol. The molecule has 88 valence electrons. The monoisotopic (exact) mass is 244 g/mol. The highest BCUT2D eigenvalue weighted by atomic mass is 32.2. The van der Waals surface area contributed by atoms with Crippen LogP contribution in [0.2, 0.25) is 0 Å². The van der Waals surface area contributed by atoms with E-state index >= 15 is 0 Å². The second-order valence-corrected chi connectivity index (χ2v) is 6.53. The molecule has 1 rings (SSSR count). The first kappa shape index (κ1) is 12.8. The average molecular weight is 244 g/mol. The summed E-state index contributed by atoms with van der Waals surface area (Å²) in [6, 6.07) is 4.65. The largest absolute Gasteiger partial charge is 0.298 e. The number of hydrogen-bond acceptors (Lipinski definition) is 3. The molecule has 1 aromatic carbocycles. The molecule has 0 bridgehead atoms. The quantitative estimate of drug-likeness (QED) is 0.816. The first-order valence-electron chi connectivity index (χ1n) is 4.71. The van der Waals surface area contributed by atoms with Gasteiger partial charge in [-0.2, -0.15) is 0 Å². The third-order valence-electron chi connectivity index (χ3n) is 2.63. The molecule has 0 aromatic heterocycles. The Bertz CT molecular complexity index is 518. The Morgan fingerprint density at radius 3 is 2.31 bits per heavy atom. The first-order chi connectivity index (χ1) is 7.19. The fraction of sp³-hybridized carbons (Fsp3) is 0.364. The summed E-state index contributed by atoms with van der Waals surface area (Å²) in [5.74, 6) is -1.11. The summed E-state index contributed by atoms with van der Waals surface area (Å²) < 4.78 is 35.5. The van der Waals surface area contributed by atoms with Crippen molar-refractivity contribution in [2.24, 2.45) is 0 Å². The van der Waals surface area contributed by atoms with E-state index in [4.69, 9.17) is 0 Å². The van der Waals surface area contributed by atoms with Crippen molar-refractivity contribution in [2.75, 3.05) is 0 Å². The fourth-order valence-electron chi connectivity index (χ4n) is 1.12. The fourth-order valence-corrected chi connectivity index (χ4v) is 2.61. The Morgan fingerprint density at radius 1 is 1.31 bits per heavy atom. The van der Waals surface area contributed by atoms with Crippen LogP contribution in [0.4, 0.5) is 4.39 Å². The summed E-state index contributed by atoms with van der Waals surface area (Å²) in [6.45, 7) is 3.84. The van der Waals surface area contributed by atoms with Gasteiger partial charge in [0.1, 0.15) is 10.6 Å². The van der Waals surface area contributed by atoms with E-state index in [9.17, 15) is 17.6 Å². The van der Waals surface area contributed by atoms with Crippen molar-refractivity contribution in [3.8, 4) is 0 Å². The van der Waals surface area contributed by atoms with Crippen molar-refractivity contribution < 1.29 is 17.6 Å². The van der Waals surface area contributed by atoms with Crippen LogP contribution >= 0.6 is 0 Å². The molecular weight excluding hydrogens is 231 g/mol. The summed E-state index contributed by atoms with van der Waals surface area (Å²) in [4.78, 5) is 11.1. The Kier molecular flexibility index (Phi) is 3.19. The number of halogens is 1. The number of carbonyl (C=O) groups excluding carboxylic acids is 1. The molecule has 3 nitrogen and oxygen atoms in total. The number of benzene rings is 1. The minimum Gasteiger partial charge on any atom is -0.298 e. The van der Waals surface area contributed by atoms with Gasteiger partial charge in [-0.15, -0.1) is 0 Å². The lowest BCUT2D eigenvalue weighted by Gasteiger charge is -2.21. The van der Waals surface area contributed by atoms with Crippen LogP contribution in [0.1, 0.15) is 20.8 Å². The molecule has 0 amide bonds. The van der Waals surface area contributed by atoms with Gasteiger partial charge in [-0.05, 0) is 39.0 Å². The van der Waals surface area contributed by atoms with Crippen LogP contribution in [-0.2, 0) is 14.6 Å². The van der Waals surface area contributed by atoms with Crippen molar-refractivity contribution >= 4 is 15.6 Å². The smallest absolute Gasteiger partial charge is 0.190 e. The molecule has 0 radical (unpaired) electrons.